The maximum atomic E-state index is 13.9. The smallest absolute Gasteiger partial charge is 0.295 e. The first kappa shape index (κ1) is 28.9. The van der Waals surface area contributed by atoms with Crippen LogP contribution in [0.5, 0.6) is 5.75 Å². The molecule has 2 aromatic carbocycles. The Hall–Kier alpha value is -3.63. The number of anilines is 1. The van der Waals surface area contributed by atoms with Crippen molar-refractivity contribution in [2.45, 2.75) is 33.8 Å². The maximum Gasteiger partial charge on any atom is 0.295 e. The Bertz CT molecular complexity index is 1370. The zero-order valence-corrected chi connectivity index (χ0v) is 22.8. The van der Waals surface area contributed by atoms with Crippen LogP contribution in [-0.4, -0.2) is 41.4 Å². The number of rotatable bonds is 11. The minimum absolute atomic E-state index is 0.00185. The normalized spacial score (nSPS) is 11.3. The van der Waals surface area contributed by atoms with Crippen molar-refractivity contribution in [3.63, 3.8) is 0 Å². The van der Waals surface area contributed by atoms with Crippen LogP contribution in [0.15, 0.2) is 47.3 Å². The van der Waals surface area contributed by atoms with Gasteiger partial charge in [-0.25, -0.2) is 9.07 Å². The first-order valence-electron chi connectivity index (χ1n) is 12.0. The zero-order chi connectivity index (χ0) is 28.0. The van der Waals surface area contributed by atoms with Crippen LogP contribution >= 0.6 is 11.6 Å². The number of hydrogen-bond acceptors (Lipinski definition) is 5. The average Bonchev–Trinajstić information content (AvgIpc) is 3.09. The molecule has 0 aliphatic carbocycles. The second-order valence-corrected chi connectivity index (χ2v) is 9.91. The molecular formula is C27H32ClFN4O5. The van der Waals surface area contributed by atoms with E-state index in [4.69, 9.17) is 21.1 Å². The summed E-state index contributed by atoms with van der Waals surface area (Å²) in [6.07, 6.45) is 0.00185. The van der Waals surface area contributed by atoms with E-state index in [1.54, 1.807) is 44.6 Å². The molecule has 0 spiro atoms. The van der Waals surface area contributed by atoms with Crippen LogP contribution in [0.3, 0.4) is 0 Å². The molecule has 0 radical (unpaired) electrons. The van der Waals surface area contributed by atoms with E-state index in [1.165, 1.54) is 17.9 Å². The van der Waals surface area contributed by atoms with E-state index < -0.39 is 23.0 Å². The van der Waals surface area contributed by atoms with Crippen molar-refractivity contribution in [2.75, 3.05) is 25.6 Å². The van der Waals surface area contributed by atoms with E-state index in [0.717, 1.165) is 6.07 Å². The molecule has 1 heterocycles. The Kier molecular flexibility index (Phi) is 9.35. The Labute approximate surface area is 225 Å². The van der Waals surface area contributed by atoms with Gasteiger partial charge in [-0.2, -0.15) is 0 Å². The number of hydrogen-bond donors (Lipinski definition) is 2. The molecule has 0 saturated heterocycles. The number of nitrogens with one attached hydrogen (secondary N) is 2. The summed E-state index contributed by atoms with van der Waals surface area (Å²) in [4.78, 5) is 39.1. The van der Waals surface area contributed by atoms with Crippen LogP contribution in [-0.2, 0) is 23.2 Å². The van der Waals surface area contributed by atoms with E-state index >= 15 is 0 Å². The predicted octanol–water partition coefficient (Wildman–Crippen LogP) is 4.30. The van der Waals surface area contributed by atoms with Gasteiger partial charge in [0.25, 0.3) is 11.5 Å². The third-order valence-corrected chi connectivity index (χ3v) is 6.15. The molecule has 38 heavy (non-hydrogen) atoms. The Morgan fingerprint density at radius 2 is 1.84 bits per heavy atom. The molecule has 3 aromatic rings. The molecule has 204 valence electrons. The van der Waals surface area contributed by atoms with Crippen LogP contribution in [0, 0.1) is 11.2 Å². The molecular weight excluding hydrogens is 515 g/mol. The number of amides is 2. The quantitative estimate of drug-likeness (QED) is 0.373. The van der Waals surface area contributed by atoms with Gasteiger partial charge in [0.2, 0.25) is 5.91 Å². The molecule has 0 fully saturated rings. The van der Waals surface area contributed by atoms with E-state index in [1.807, 2.05) is 18.2 Å². The standard InChI is InChI=1S/C27H32ClFN4O5/c1-6-38-22-13-20(29)19(28)12-18(22)25(35)30-16-27(2,3)14-23(34)31-24-21(15-37-5)32(4)33(26(24)36)17-10-8-7-9-11-17/h7-13H,6,14-16H2,1-5H3,(H,30,35)(H,31,34). The molecule has 0 bridgehead atoms. The van der Waals surface area contributed by atoms with E-state index in [-0.39, 0.29) is 53.8 Å². The summed E-state index contributed by atoms with van der Waals surface area (Å²) >= 11 is 5.86. The van der Waals surface area contributed by atoms with Gasteiger partial charge in [-0.3, -0.25) is 19.1 Å². The van der Waals surface area contributed by atoms with E-state index in [0.29, 0.717) is 11.4 Å². The fraction of sp³-hybridized carbons (Fsp3) is 0.370. The van der Waals surface area contributed by atoms with Gasteiger partial charge >= 0.3 is 0 Å². The Morgan fingerprint density at radius 1 is 1.16 bits per heavy atom. The van der Waals surface area contributed by atoms with Gasteiger partial charge in [-0.15, -0.1) is 0 Å². The minimum Gasteiger partial charge on any atom is -0.493 e. The molecule has 0 atom stereocenters. The third-order valence-electron chi connectivity index (χ3n) is 5.87. The van der Waals surface area contributed by atoms with Gasteiger partial charge in [0.15, 0.2) is 0 Å². The number of benzene rings is 2. The third kappa shape index (κ3) is 6.62. The van der Waals surface area contributed by atoms with Crippen molar-refractivity contribution in [2.24, 2.45) is 12.5 Å². The number of para-hydroxylation sites is 1. The lowest BCUT2D eigenvalue weighted by molar-refractivity contribution is -0.118. The average molecular weight is 547 g/mol. The van der Waals surface area contributed by atoms with Gasteiger partial charge in [-0.05, 0) is 30.5 Å². The fourth-order valence-electron chi connectivity index (χ4n) is 4.01. The fourth-order valence-corrected chi connectivity index (χ4v) is 4.18. The summed E-state index contributed by atoms with van der Waals surface area (Å²) in [6, 6.07) is 11.3. The van der Waals surface area contributed by atoms with Crippen LogP contribution in [0.25, 0.3) is 5.69 Å². The van der Waals surface area contributed by atoms with Gasteiger partial charge in [-0.1, -0.05) is 43.6 Å². The predicted molar refractivity (Wildman–Crippen MR) is 144 cm³/mol. The number of methoxy groups -OCH3 is 1. The van der Waals surface area contributed by atoms with Gasteiger partial charge in [0, 0.05) is 33.2 Å². The van der Waals surface area contributed by atoms with E-state index in [2.05, 4.69) is 10.6 Å². The molecule has 2 amide bonds. The lowest BCUT2D eigenvalue weighted by Crippen LogP contribution is -2.37. The van der Waals surface area contributed by atoms with Crippen molar-refractivity contribution in [3.8, 4) is 11.4 Å². The van der Waals surface area contributed by atoms with Crippen LogP contribution in [0.4, 0.5) is 10.1 Å². The van der Waals surface area contributed by atoms with E-state index in [9.17, 15) is 18.8 Å². The largest absolute Gasteiger partial charge is 0.493 e. The highest BCUT2D eigenvalue weighted by Gasteiger charge is 2.27. The second-order valence-electron chi connectivity index (χ2n) is 9.50. The van der Waals surface area contributed by atoms with Crippen LogP contribution in [0.1, 0.15) is 43.2 Å². The highest BCUT2D eigenvalue weighted by Crippen LogP contribution is 2.27. The summed E-state index contributed by atoms with van der Waals surface area (Å²) < 4.78 is 27.6. The molecule has 0 aliphatic heterocycles. The molecule has 0 saturated carbocycles. The number of carbonyl (C=O) groups is 2. The van der Waals surface area contributed by atoms with Gasteiger partial charge in [0.05, 0.1) is 35.2 Å². The minimum atomic E-state index is -0.691. The molecule has 9 nitrogen and oxygen atoms in total. The monoisotopic (exact) mass is 546 g/mol. The Balaban J connectivity index is 1.74. The van der Waals surface area contributed by atoms with Crippen LogP contribution in [0.2, 0.25) is 5.02 Å². The first-order chi connectivity index (χ1) is 18.0. The lowest BCUT2D eigenvalue weighted by Gasteiger charge is -2.24. The molecule has 2 N–H and O–H groups in total. The second kappa shape index (κ2) is 12.3. The topological polar surface area (TPSA) is 104 Å². The van der Waals surface area contributed by atoms with Crippen molar-refractivity contribution in [3.05, 3.63) is 74.9 Å². The molecule has 1 aromatic heterocycles. The highest BCUT2D eigenvalue weighted by atomic mass is 35.5. The lowest BCUT2D eigenvalue weighted by atomic mass is 9.88. The van der Waals surface area contributed by atoms with Crippen molar-refractivity contribution < 1.29 is 23.5 Å². The number of nitrogens with zero attached hydrogens (tertiary/aromatic N) is 2. The number of halogens is 2. The first-order valence-corrected chi connectivity index (χ1v) is 12.4. The summed E-state index contributed by atoms with van der Waals surface area (Å²) in [7, 11) is 3.23. The molecule has 0 aliphatic rings. The van der Waals surface area contributed by atoms with Gasteiger partial charge < -0.3 is 20.1 Å². The maximum absolute atomic E-state index is 13.9. The highest BCUT2D eigenvalue weighted by molar-refractivity contribution is 6.31. The SMILES string of the molecule is CCOc1cc(F)c(Cl)cc1C(=O)NCC(C)(C)CC(=O)Nc1c(COC)n(C)n(-c2ccccc2)c1=O. The van der Waals surface area contributed by atoms with Crippen molar-refractivity contribution in [1.82, 2.24) is 14.7 Å². The summed E-state index contributed by atoms with van der Waals surface area (Å²) in [5.41, 5.74) is 0.301. The van der Waals surface area contributed by atoms with Crippen molar-refractivity contribution in [1.29, 1.82) is 0 Å². The Morgan fingerprint density at radius 3 is 2.47 bits per heavy atom. The summed E-state index contributed by atoms with van der Waals surface area (Å²) in [6.45, 7) is 5.80. The zero-order valence-electron chi connectivity index (χ0n) is 22.1. The number of aromatic nitrogens is 2. The molecule has 0 unspecified atom stereocenters. The molecule has 11 heteroatoms. The summed E-state index contributed by atoms with van der Waals surface area (Å²) in [5, 5.41) is 5.31. The molecule has 3 rings (SSSR count). The summed E-state index contributed by atoms with van der Waals surface area (Å²) in [5.74, 6) is -1.53. The van der Waals surface area contributed by atoms with Gasteiger partial charge in [0.1, 0.15) is 17.3 Å². The number of carbonyl (C=O) groups excluding carboxylic acids is 2. The van der Waals surface area contributed by atoms with Crippen molar-refractivity contribution >= 4 is 29.1 Å². The van der Waals surface area contributed by atoms with Crippen LogP contribution < -0.4 is 20.9 Å². The number of ether oxygens (including phenoxy) is 2.